The van der Waals surface area contributed by atoms with Gasteiger partial charge >= 0.3 is 12.0 Å². The Labute approximate surface area is 119 Å². The Morgan fingerprint density at radius 2 is 1.90 bits per heavy atom. The molecule has 0 spiro atoms. The SMILES string of the molecule is CCC1(C(=O)O)CCN(C(=O)N2CCCC2CO)CC1. The zero-order valence-corrected chi connectivity index (χ0v) is 12.0. The number of likely N-dealkylation sites (tertiary alicyclic amines) is 2. The van der Waals surface area contributed by atoms with Crippen LogP contribution in [0.5, 0.6) is 0 Å². The van der Waals surface area contributed by atoms with Crippen LogP contribution in [0.4, 0.5) is 4.79 Å². The molecule has 2 heterocycles. The maximum absolute atomic E-state index is 12.4. The zero-order valence-electron chi connectivity index (χ0n) is 12.0. The molecule has 0 saturated carbocycles. The molecule has 1 unspecified atom stereocenters. The van der Waals surface area contributed by atoms with Gasteiger partial charge in [0.05, 0.1) is 18.1 Å². The number of hydrogen-bond donors (Lipinski definition) is 2. The largest absolute Gasteiger partial charge is 0.481 e. The number of carbonyl (C=O) groups is 2. The Morgan fingerprint density at radius 3 is 2.40 bits per heavy atom. The van der Waals surface area contributed by atoms with Crippen LogP contribution in [0.3, 0.4) is 0 Å². The van der Waals surface area contributed by atoms with Crippen LogP contribution in [-0.4, -0.2) is 64.3 Å². The molecular formula is C14H24N2O4. The van der Waals surface area contributed by atoms with E-state index in [-0.39, 0.29) is 18.7 Å². The van der Waals surface area contributed by atoms with Crippen molar-refractivity contribution in [3.05, 3.63) is 0 Å². The van der Waals surface area contributed by atoms with E-state index in [1.54, 1.807) is 9.80 Å². The molecule has 0 aliphatic carbocycles. The predicted molar refractivity (Wildman–Crippen MR) is 73.4 cm³/mol. The number of urea groups is 1. The van der Waals surface area contributed by atoms with Crippen molar-refractivity contribution in [2.24, 2.45) is 5.41 Å². The van der Waals surface area contributed by atoms with Crippen molar-refractivity contribution >= 4 is 12.0 Å². The average molecular weight is 284 g/mol. The molecule has 6 nitrogen and oxygen atoms in total. The summed E-state index contributed by atoms with van der Waals surface area (Å²) in [6.07, 6.45) is 3.42. The van der Waals surface area contributed by atoms with Gasteiger partial charge in [-0.3, -0.25) is 4.79 Å². The van der Waals surface area contributed by atoms with Gasteiger partial charge in [0.25, 0.3) is 0 Å². The Balaban J connectivity index is 1.96. The molecule has 6 heteroatoms. The highest BCUT2D eigenvalue weighted by molar-refractivity contribution is 5.77. The van der Waals surface area contributed by atoms with E-state index in [0.717, 1.165) is 12.8 Å². The summed E-state index contributed by atoms with van der Waals surface area (Å²) in [6.45, 7) is 3.58. The highest BCUT2D eigenvalue weighted by Gasteiger charge is 2.42. The van der Waals surface area contributed by atoms with Crippen LogP contribution < -0.4 is 0 Å². The fourth-order valence-electron chi connectivity index (χ4n) is 3.30. The van der Waals surface area contributed by atoms with E-state index < -0.39 is 11.4 Å². The highest BCUT2D eigenvalue weighted by Crippen LogP contribution is 2.35. The number of carbonyl (C=O) groups excluding carboxylic acids is 1. The summed E-state index contributed by atoms with van der Waals surface area (Å²) in [4.78, 5) is 27.3. The number of carboxylic acids is 1. The first-order valence-corrected chi connectivity index (χ1v) is 7.44. The van der Waals surface area contributed by atoms with E-state index in [0.29, 0.717) is 38.9 Å². The second kappa shape index (κ2) is 5.99. The summed E-state index contributed by atoms with van der Waals surface area (Å²) in [7, 11) is 0. The number of aliphatic carboxylic acids is 1. The van der Waals surface area contributed by atoms with Crippen LogP contribution in [0.25, 0.3) is 0 Å². The minimum Gasteiger partial charge on any atom is -0.481 e. The van der Waals surface area contributed by atoms with Crippen molar-refractivity contribution in [2.45, 2.75) is 45.1 Å². The number of aliphatic hydroxyl groups excluding tert-OH is 1. The van der Waals surface area contributed by atoms with E-state index in [1.807, 2.05) is 6.92 Å². The van der Waals surface area contributed by atoms with Crippen molar-refractivity contribution in [2.75, 3.05) is 26.2 Å². The van der Waals surface area contributed by atoms with Crippen LogP contribution in [0.15, 0.2) is 0 Å². The minimum absolute atomic E-state index is 0.00754. The molecule has 2 saturated heterocycles. The normalized spacial score (nSPS) is 25.8. The van der Waals surface area contributed by atoms with Crippen molar-refractivity contribution in [1.29, 1.82) is 0 Å². The summed E-state index contributed by atoms with van der Waals surface area (Å²) in [5.41, 5.74) is -0.668. The van der Waals surface area contributed by atoms with Gasteiger partial charge in [-0.05, 0) is 32.1 Å². The van der Waals surface area contributed by atoms with Crippen LogP contribution in [-0.2, 0) is 4.79 Å². The van der Waals surface area contributed by atoms with Gasteiger partial charge in [-0.2, -0.15) is 0 Å². The van der Waals surface area contributed by atoms with Crippen molar-refractivity contribution in [3.63, 3.8) is 0 Å². The highest BCUT2D eigenvalue weighted by atomic mass is 16.4. The monoisotopic (exact) mass is 284 g/mol. The molecule has 2 rings (SSSR count). The van der Waals surface area contributed by atoms with Crippen molar-refractivity contribution in [3.8, 4) is 0 Å². The van der Waals surface area contributed by atoms with Crippen LogP contribution in [0, 0.1) is 5.41 Å². The topological polar surface area (TPSA) is 81.1 Å². The predicted octanol–water partition coefficient (Wildman–Crippen LogP) is 1.14. The molecule has 114 valence electrons. The Morgan fingerprint density at radius 1 is 1.25 bits per heavy atom. The zero-order chi connectivity index (χ0) is 14.8. The van der Waals surface area contributed by atoms with Gasteiger partial charge in [-0.25, -0.2) is 4.79 Å². The molecule has 2 aliphatic heterocycles. The summed E-state index contributed by atoms with van der Waals surface area (Å²) >= 11 is 0. The summed E-state index contributed by atoms with van der Waals surface area (Å²) in [5, 5.41) is 18.6. The molecular weight excluding hydrogens is 260 g/mol. The first-order chi connectivity index (χ1) is 9.54. The molecule has 2 fully saturated rings. The van der Waals surface area contributed by atoms with Gasteiger partial charge in [0.1, 0.15) is 0 Å². The number of rotatable bonds is 3. The first-order valence-electron chi connectivity index (χ1n) is 7.44. The molecule has 0 aromatic heterocycles. The molecule has 2 N–H and O–H groups in total. The number of nitrogens with zero attached hydrogens (tertiary/aromatic N) is 2. The quantitative estimate of drug-likeness (QED) is 0.814. The second-order valence-corrected chi connectivity index (χ2v) is 5.88. The Kier molecular flexibility index (Phi) is 4.52. The number of hydrogen-bond acceptors (Lipinski definition) is 3. The Hall–Kier alpha value is -1.30. The fraction of sp³-hybridized carbons (Fsp3) is 0.857. The third kappa shape index (κ3) is 2.61. The molecule has 0 aromatic rings. The van der Waals surface area contributed by atoms with Gasteiger partial charge in [-0.15, -0.1) is 0 Å². The van der Waals surface area contributed by atoms with E-state index in [1.165, 1.54) is 0 Å². The molecule has 2 amide bonds. The molecule has 0 bridgehead atoms. The maximum Gasteiger partial charge on any atom is 0.320 e. The fourth-order valence-corrected chi connectivity index (χ4v) is 3.30. The van der Waals surface area contributed by atoms with E-state index in [2.05, 4.69) is 0 Å². The second-order valence-electron chi connectivity index (χ2n) is 5.88. The van der Waals surface area contributed by atoms with Crippen molar-refractivity contribution in [1.82, 2.24) is 9.80 Å². The Bertz CT molecular complexity index is 377. The van der Waals surface area contributed by atoms with Gasteiger partial charge in [0.2, 0.25) is 0 Å². The van der Waals surface area contributed by atoms with Crippen LogP contribution in [0.1, 0.15) is 39.0 Å². The number of amides is 2. The van der Waals surface area contributed by atoms with Crippen molar-refractivity contribution < 1.29 is 19.8 Å². The van der Waals surface area contributed by atoms with Gasteiger partial charge in [-0.1, -0.05) is 6.92 Å². The van der Waals surface area contributed by atoms with Gasteiger partial charge in [0.15, 0.2) is 0 Å². The smallest absolute Gasteiger partial charge is 0.320 e. The number of piperidine rings is 1. The third-order valence-electron chi connectivity index (χ3n) is 4.96. The summed E-state index contributed by atoms with van der Waals surface area (Å²) in [6, 6.07) is -0.114. The van der Waals surface area contributed by atoms with E-state index in [4.69, 9.17) is 0 Å². The number of carboxylic acid groups (broad SMARTS) is 1. The third-order valence-corrected chi connectivity index (χ3v) is 4.96. The molecule has 2 aliphatic rings. The maximum atomic E-state index is 12.4. The summed E-state index contributed by atoms with van der Waals surface area (Å²) < 4.78 is 0. The van der Waals surface area contributed by atoms with Crippen LogP contribution >= 0.6 is 0 Å². The number of aliphatic hydroxyl groups is 1. The first kappa shape index (κ1) is 15.1. The lowest BCUT2D eigenvalue weighted by Gasteiger charge is -2.40. The van der Waals surface area contributed by atoms with Gasteiger partial charge in [0, 0.05) is 19.6 Å². The van der Waals surface area contributed by atoms with E-state index >= 15 is 0 Å². The lowest BCUT2D eigenvalue weighted by molar-refractivity contribution is -0.152. The average Bonchev–Trinajstić information content (AvgIpc) is 2.94. The standard InChI is InChI=1S/C14H24N2O4/c1-2-14(12(18)19)5-8-15(9-6-14)13(20)16-7-3-4-11(16)10-17/h11,17H,2-10H2,1H3,(H,18,19). The summed E-state index contributed by atoms with van der Waals surface area (Å²) in [5.74, 6) is -0.749. The molecule has 0 aromatic carbocycles. The van der Waals surface area contributed by atoms with Gasteiger partial charge < -0.3 is 20.0 Å². The van der Waals surface area contributed by atoms with E-state index in [9.17, 15) is 19.8 Å². The van der Waals surface area contributed by atoms with Crippen LogP contribution in [0.2, 0.25) is 0 Å². The minimum atomic E-state index is -0.749. The lowest BCUT2D eigenvalue weighted by Crippen LogP contribution is -2.52. The molecule has 1 atom stereocenters. The molecule has 20 heavy (non-hydrogen) atoms. The lowest BCUT2D eigenvalue weighted by atomic mass is 9.76. The molecule has 0 radical (unpaired) electrons.